The molecule has 2 amide bonds. The van der Waals surface area contributed by atoms with Crippen molar-refractivity contribution in [2.24, 2.45) is 5.73 Å². The van der Waals surface area contributed by atoms with Crippen molar-refractivity contribution < 1.29 is 19.1 Å². The summed E-state index contributed by atoms with van der Waals surface area (Å²) in [4.78, 5) is 24.8. The first kappa shape index (κ1) is 15.3. The molecule has 1 saturated heterocycles. The van der Waals surface area contributed by atoms with Gasteiger partial charge in [0.05, 0.1) is 12.2 Å². The number of morpholine rings is 1. The van der Waals surface area contributed by atoms with E-state index in [-0.39, 0.29) is 24.7 Å². The third-order valence-corrected chi connectivity index (χ3v) is 3.27. The number of hydrogen-bond acceptors (Lipinski definition) is 4. The van der Waals surface area contributed by atoms with E-state index < -0.39 is 5.91 Å². The van der Waals surface area contributed by atoms with Crippen molar-refractivity contribution in [2.75, 3.05) is 19.7 Å². The lowest BCUT2D eigenvalue weighted by Crippen LogP contribution is -2.49. The molecule has 1 aromatic carbocycles. The fraction of sp³-hybridized carbons (Fsp3) is 0.467. The minimum absolute atomic E-state index is 0.0324. The Morgan fingerprint density at radius 1 is 1.24 bits per heavy atom. The van der Waals surface area contributed by atoms with E-state index in [4.69, 9.17) is 15.2 Å². The molecule has 6 nitrogen and oxygen atoms in total. The Balaban J connectivity index is 1.87. The largest absolute Gasteiger partial charge is 0.484 e. The zero-order chi connectivity index (χ0) is 15.4. The minimum atomic E-state index is -0.492. The molecule has 0 spiro atoms. The van der Waals surface area contributed by atoms with Gasteiger partial charge in [-0.3, -0.25) is 9.59 Å². The van der Waals surface area contributed by atoms with Crippen LogP contribution in [-0.2, 0) is 9.53 Å². The maximum absolute atomic E-state index is 12.1. The zero-order valence-corrected chi connectivity index (χ0v) is 12.2. The molecule has 0 bridgehead atoms. The number of nitrogens with two attached hydrogens (primary N) is 1. The summed E-state index contributed by atoms with van der Waals surface area (Å²) in [6.45, 7) is 5.01. The number of ether oxygens (including phenoxy) is 2. The van der Waals surface area contributed by atoms with Crippen LogP contribution in [0.25, 0.3) is 0 Å². The third kappa shape index (κ3) is 4.19. The number of rotatable bonds is 4. The molecule has 2 N–H and O–H groups in total. The number of primary amides is 1. The summed E-state index contributed by atoms with van der Waals surface area (Å²) in [5, 5.41) is 0. The first-order valence-corrected chi connectivity index (χ1v) is 6.91. The van der Waals surface area contributed by atoms with Gasteiger partial charge in [-0.2, -0.15) is 0 Å². The Bertz CT molecular complexity index is 505. The molecule has 0 unspecified atom stereocenters. The van der Waals surface area contributed by atoms with E-state index in [1.807, 2.05) is 13.8 Å². The van der Waals surface area contributed by atoms with Gasteiger partial charge in [-0.15, -0.1) is 0 Å². The standard InChI is InChI=1S/C15H20N2O4/c1-10-7-17(8-11(2)21-10)14(18)9-20-13-5-3-12(4-6-13)15(16)19/h3-6,10-11H,7-9H2,1-2H3,(H2,16,19)/t10-,11+. The molecule has 1 aliphatic heterocycles. The van der Waals surface area contributed by atoms with Gasteiger partial charge in [-0.05, 0) is 38.1 Å². The van der Waals surface area contributed by atoms with Crippen LogP contribution in [-0.4, -0.2) is 48.6 Å². The van der Waals surface area contributed by atoms with Gasteiger partial charge in [0.25, 0.3) is 5.91 Å². The molecule has 0 radical (unpaired) electrons. The Morgan fingerprint density at radius 3 is 2.33 bits per heavy atom. The number of nitrogens with zero attached hydrogens (tertiary/aromatic N) is 1. The molecule has 114 valence electrons. The maximum Gasteiger partial charge on any atom is 0.260 e. The highest BCUT2D eigenvalue weighted by molar-refractivity contribution is 5.92. The van der Waals surface area contributed by atoms with Crippen LogP contribution in [0, 0.1) is 0 Å². The van der Waals surface area contributed by atoms with Crippen molar-refractivity contribution >= 4 is 11.8 Å². The van der Waals surface area contributed by atoms with Crippen molar-refractivity contribution in [3.63, 3.8) is 0 Å². The number of amides is 2. The second-order valence-corrected chi connectivity index (χ2v) is 5.23. The molecule has 0 aromatic heterocycles. The Labute approximate surface area is 123 Å². The molecule has 1 aliphatic rings. The Kier molecular flexibility index (Phi) is 4.80. The minimum Gasteiger partial charge on any atom is -0.484 e. The number of benzene rings is 1. The van der Waals surface area contributed by atoms with E-state index in [9.17, 15) is 9.59 Å². The van der Waals surface area contributed by atoms with Crippen LogP contribution in [0.1, 0.15) is 24.2 Å². The summed E-state index contributed by atoms with van der Waals surface area (Å²) < 4.78 is 11.0. The van der Waals surface area contributed by atoms with E-state index >= 15 is 0 Å². The number of carbonyl (C=O) groups excluding carboxylic acids is 2. The van der Waals surface area contributed by atoms with E-state index in [0.717, 1.165) is 0 Å². The highest BCUT2D eigenvalue weighted by atomic mass is 16.5. The normalized spacial score (nSPS) is 21.9. The summed E-state index contributed by atoms with van der Waals surface area (Å²) in [5.41, 5.74) is 5.56. The molecule has 2 atom stereocenters. The van der Waals surface area contributed by atoms with E-state index in [0.29, 0.717) is 24.4 Å². The zero-order valence-electron chi connectivity index (χ0n) is 12.2. The molecule has 21 heavy (non-hydrogen) atoms. The van der Waals surface area contributed by atoms with Crippen LogP contribution in [0.3, 0.4) is 0 Å². The number of hydrogen-bond donors (Lipinski definition) is 1. The molecule has 0 aliphatic carbocycles. The van der Waals surface area contributed by atoms with Gasteiger partial charge in [0.1, 0.15) is 5.75 Å². The van der Waals surface area contributed by atoms with Crippen LogP contribution in [0.15, 0.2) is 24.3 Å². The van der Waals surface area contributed by atoms with Crippen molar-refractivity contribution in [2.45, 2.75) is 26.1 Å². The van der Waals surface area contributed by atoms with Crippen molar-refractivity contribution in [3.8, 4) is 5.75 Å². The highest BCUT2D eigenvalue weighted by Crippen LogP contribution is 2.14. The average Bonchev–Trinajstić information content (AvgIpc) is 2.44. The lowest BCUT2D eigenvalue weighted by atomic mass is 10.2. The monoisotopic (exact) mass is 292 g/mol. The van der Waals surface area contributed by atoms with Crippen LogP contribution in [0.5, 0.6) is 5.75 Å². The molecule has 1 heterocycles. The van der Waals surface area contributed by atoms with E-state index in [1.165, 1.54) is 0 Å². The average molecular weight is 292 g/mol. The molecule has 0 saturated carbocycles. The summed E-state index contributed by atoms with van der Waals surface area (Å²) in [6.07, 6.45) is 0.0695. The molecule has 1 fully saturated rings. The van der Waals surface area contributed by atoms with Crippen molar-refractivity contribution in [3.05, 3.63) is 29.8 Å². The topological polar surface area (TPSA) is 81.9 Å². The second kappa shape index (κ2) is 6.58. The smallest absolute Gasteiger partial charge is 0.260 e. The van der Waals surface area contributed by atoms with Crippen LogP contribution < -0.4 is 10.5 Å². The lowest BCUT2D eigenvalue weighted by molar-refractivity contribution is -0.145. The first-order valence-electron chi connectivity index (χ1n) is 6.91. The van der Waals surface area contributed by atoms with Gasteiger partial charge in [-0.1, -0.05) is 0 Å². The first-order chi connectivity index (χ1) is 9.95. The lowest BCUT2D eigenvalue weighted by Gasteiger charge is -2.35. The highest BCUT2D eigenvalue weighted by Gasteiger charge is 2.25. The van der Waals surface area contributed by atoms with Crippen LogP contribution in [0.2, 0.25) is 0 Å². The summed E-state index contributed by atoms with van der Waals surface area (Å²) in [5.74, 6) is -0.0346. The summed E-state index contributed by atoms with van der Waals surface area (Å²) in [6, 6.07) is 6.39. The van der Waals surface area contributed by atoms with Crippen LogP contribution in [0.4, 0.5) is 0 Å². The maximum atomic E-state index is 12.1. The summed E-state index contributed by atoms with van der Waals surface area (Å²) in [7, 11) is 0. The number of carbonyl (C=O) groups is 2. The predicted octanol–water partition coefficient (Wildman–Crippen LogP) is 0.800. The van der Waals surface area contributed by atoms with E-state index in [1.54, 1.807) is 29.2 Å². The van der Waals surface area contributed by atoms with Gasteiger partial charge >= 0.3 is 0 Å². The second-order valence-electron chi connectivity index (χ2n) is 5.23. The Morgan fingerprint density at radius 2 is 1.81 bits per heavy atom. The van der Waals surface area contributed by atoms with Gasteiger partial charge < -0.3 is 20.1 Å². The van der Waals surface area contributed by atoms with Gasteiger partial charge in [0.2, 0.25) is 5.91 Å². The third-order valence-electron chi connectivity index (χ3n) is 3.27. The van der Waals surface area contributed by atoms with Crippen LogP contribution >= 0.6 is 0 Å². The molecule has 2 rings (SSSR count). The summed E-state index contributed by atoms with van der Waals surface area (Å²) >= 11 is 0. The molecular weight excluding hydrogens is 272 g/mol. The quantitative estimate of drug-likeness (QED) is 0.890. The van der Waals surface area contributed by atoms with Crippen molar-refractivity contribution in [1.82, 2.24) is 4.90 Å². The SMILES string of the molecule is C[C@@H]1CN(C(=O)COc2ccc(C(N)=O)cc2)C[C@H](C)O1. The van der Waals surface area contributed by atoms with Gasteiger partial charge in [-0.25, -0.2) is 0 Å². The molecule has 6 heteroatoms. The van der Waals surface area contributed by atoms with Gasteiger partial charge in [0, 0.05) is 18.7 Å². The fourth-order valence-corrected chi connectivity index (χ4v) is 2.33. The fourth-order valence-electron chi connectivity index (χ4n) is 2.33. The molecular formula is C15H20N2O4. The van der Waals surface area contributed by atoms with Gasteiger partial charge in [0.15, 0.2) is 6.61 Å². The van der Waals surface area contributed by atoms with E-state index in [2.05, 4.69) is 0 Å². The predicted molar refractivity (Wildman–Crippen MR) is 77.0 cm³/mol. The Hall–Kier alpha value is -2.08. The molecule has 1 aromatic rings. The van der Waals surface area contributed by atoms with Crippen molar-refractivity contribution in [1.29, 1.82) is 0 Å².